The van der Waals surface area contributed by atoms with Crippen LogP contribution in [0.4, 0.5) is 80.4 Å². The molecule has 0 spiro atoms. The van der Waals surface area contributed by atoms with Gasteiger partial charge in [-0.15, -0.1) is 79.5 Å². The Labute approximate surface area is 630 Å². The number of nitrogens with one attached hydrogen (secondary N) is 3. The molecule has 574 valence electrons. The Balaban J connectivity index is 0.00000197. The monoisotopic (exact) mass is 1650 g/mol. The van der Waals surface area contributed by atoms with Gasteiger partial charge in [0.25, 0.3) is 46.2 Å². The summed E-state index contributed by atoms with van der Waals surface area (Å²) >= 11 is 2.12. The van der Waals surface area contributed by atoms with Crippen LogP contribution in [0.1, 0.15) is 41.5 Å². The number of nitrogens with zero attached hydrogens (tertiary/aromatic N) is 15. The molecule has 0 aliphatic carbocycles. The van der Waals surface area contributed by atoms with Crippen molar-refractivity contribution in [2.75, 3.05) is 58.4 Å². The van der Waals surface area contributed by atoms with E-state index in [0.717, 1.165) is 35.7 Å². The molecule has 3 heterocycles. The zero-order valence-electron chi connectivity index (χ0n) is 56.5. The standard InChI is InChI=1S/C60H58N18O17S6.2O3S/c1-6-62-58-66-59(63-37-13-8-7-9-14-37)68-60(67-58)65-44-29-49(75-70-42-30-51(95-19-10-22-98(82,83)84)47(25-34(42)2)73-76-55-36(4)40(33-61)56-64-46-28-39(94-5)16-18-50(46)77(56)57(55)79)53(97-21-12-24-100(88,89)90)32-45(44)72-74-48-26-35(3)43(31-52(48)96-20-11-23-99(85,86)87)71-69-41-17-15-38(78(80)81)27-54(41)101(91,92)93;2*1-4(2)3/h6-9,13-18,25-32,79H,1,10-12,19-24H2,2-5H3,(H,82,83,84)(H,85,86,87)(H,88,89,90)(H,91,92,93)(H3,62,63,65,66,67,68);;. The molecule has 0 aliphatic heterocycles. The van der Waals surface area contributed by atoms with E-state index in [9.17, 15) is 72.4 Å². The Morgan fingerprint density at radius 2 is 1.14 bits per heavy atom. The largest absolute Gasteiger partial charge is 0.497 e. The highest BCUT2D eigenvalue weighted by Crippen LogP contribution is 2.46. The zero-order chi connectivity index (χ0) is 80.1. The first-order valence-electron chi connectivity index (χ1n) is 30.4. The van der Waals surface area contributed by atoms with Crippen LogP contribution in [0.2, 0.25) is 0 Å². The van der Waals surface area contributed by atoms with Gasteiger partial charge in [-0.2, -0.15) is 64.1 Å². The van der Waals surface area contributed by atoms with E-state index < -0.39 is 106 Å². The first-order chi connectivity index (χ1) is 51.3. The van der Waals surface area contributed by atoms with Crippen molar-refractivity contribution >= 4 is 182 Å². The lowest BCUT2D eigenvalue weighted by atomic mass is 10.1. The van der Waals surface area contributed by atoms with Crippen molar-refractivity contribution in [2.24, 2.45) is 40.9 Å². The summed E-state index contributed by atoms with van der Waals surface area (Å²) in [6, 6.07) is 27.3. The number of fused-ring (bicyclic) bond motifs is 3. The van der Waals surface area contributed by atoms with Gasteiger partial charge in [-0.05, 0) is 130 Å². The van der Waals surface area contributed by atoms with Gasteiger partial charge >= 0.3 is 21.2 Å². The third-order valence-electron chi connectivity index (χ3n) is 14.0. The summed E-state index contributed by atoms with van der Waals surface area (Å²) in [6.07, 6.45) is 0.977. The fourth-order valence-electron chi connectivity index (χ4n) is 9.26. The van der Waals surface area contributed by atoms with E-state index >= 15 is 0 Å². The van der Waals surface area contributed by atoms with E-state index in [1.54, 1.807) is 69.3 Å². The molecule has 0 unspecified atom stereocenters. The summed E-state index contributed by atoms with van der Waals surface area (Å²) in [5.41, 5.74) is 1.84. The number of ether oxygens (including phenoxy) is 2. The third-order valence-corrected chi connectivity index (χ3v) is 19.6. The van der Waals surface area contributed by atoms with Gasteiger partial charge < -0.3 is 30.5 Å². The summed E-state index contributed by atoms with van der Waals surface area (Å²) in [6.45, 7) is 8.19. The Bertz CT molecular complexity index is 5860. The molecule has 0 amide bonds. The molecule has 0 aliphatic rings. The number of hydrogen-bond donors (Lipinski definition) is 8. The number of pyridine rings is 1. The van der Waals surface area contributed by atoms with Crippen LogP contribution in [0.25, 0.3) is 16.7 Å². The van der Waals surface area contributed by atoms with Crippen molar-refractivity contribution in [2.45, 2.75) is 54.7 Å². The van der Waals surface area contributed by atoms with Crippen molar-refractivity contribution in [1.29, 1.82) is 5.26 Å². The topological polar surface area (TPSA) is 616 Å². The summed E-state index contributed by atoms with van der Waals surface area (Å²) in [7, 11) is -23.1. The van der Waals surface area contributed by atoms with E-state index in [2.05, 4.69) is 89.4 Å². The Kier molecular flexibility index (Phi) is 29.6. The van der Waals surface area contributed by atoms with E-state index in [1.807, 2.05) is 0 Å². The molecule has 0 bridgehead atoms. The molecule has 0 saturated carbocycles. The van der Waals surface area contributed by atoms with E-state index in [-0.39, 0.29) is 133 Å². The third kappa shape index (κ3) is 25.7. The van der Waals surface area contributed by atoms with Gasteiger partial charge in [0, 0.05) is 45.3 Å². The number of para-hydroxylation sites is 1. The molecule has 41 nitrogen and oxygen atoms in total. The van der Waals surface area contributed by atoms with Gasteiger partial charge in [0.2, 0.25) is 23.7 Å². The van der Waals surface area contributed by atoms with Crippen LogP contribution in [0.3, 0.4) is 0 Å². The average molecular weight is 1660 g/mol. The second kappa shape index (κ2) is 38.0. The Hall–Kier alpha value is -11.3. The minimum absolute atomic E-state index is 0.0128. The van der Waals surface area contributed by atoms with Gasteiger partial charge in [0.05, 0.1) is 69.7 Å². The summed E-state index contributed by atoms with van der Waals surface area (Å²) < 4.78 is 198. The fourth-order valence-corrected chi connectivity index (χ4v) is 13.7. The SMILES string of the molecule is C=CNc1nc(Nc2ccccc2)nc(Nc2cc(N=Nc3cc(OCCCS(=O)(=O)O)c(N=Nc4c(C)c(C#N)c5nc6cc(OC)ccc6n5c4O)cc3C)c(SCCCS(=O)(=O)O)cc2N=Nc2cc(C)c(N=Nc3ccc([N+](=O)[O-])cc3S(=O)(=O)O)cc2SCCCS(=O)(=O)O)n1.O=S(=O)=O.O=S(=O)=O. The van der Waals surface area contributed by atoms with Crippen molar-refractivity contribution in [3.63, 3.8) is 0 Å². The fraction of sp³-hybridized carbons (Fsp3) is 0.217. The molecule has 0 saturated heterocycles. The number of azo groups is 4. The maximum atomic E-state index is 12.4. The van der Waals surface area contributed by atoms with Gasteiger partial charge in [-0.3, -0.25) is 32.7 Å². The molecule has 8 N–H and O–H groups in total. The number of anilines is 5. The average Bonchev–Trinajstić information content (AvgIpc) is 1.60. The molecule has 9 rings (SSSR count). The predicted octanol–water partition coefficient (Wildman–Crippen LogP) is 12.4. The van der Waals surface area contributed by atoms with Crippen molar-refractivity contribution in [3.8, 4) is 23.4 Å². The van der Waals surface area contributed by atoms with Crippen LogP contribution in [0.15, 0.2) is 172 Å². The normalized spacial score (nSPS) is 11.8. The number of aromatic nitrogens is 5. The van der Waals surface area contributed by atoms with Crippen LogP contribution in [0, 0.1) is 42.2 Å². The van der Waals surface area contributed by atoms with Crippen LogP contribution in [-0.2, 0) is 61.7 Å². The first kappa shape index (κ1) is 84.9. The molecule has 6 aromatic carbocycles. The first-order valence-corrected chi connectivity index (χ1v) is 40.6. The predicted molar refractivity (Wildman–Crippen MR) is 395 cm³/mol. The molecule has 109 heavy (non-hydrogen) atoms. The number of methoxy groups -OCH3 is 1. The maximum Gasteiger partial charge on any atom is 0.425 e. The smallest absolute Gasteiger partial charge is 0.425 e. The zero-order valence-corrected chi connectivity index (χ0v) is 63.1. The van der Waals surface area contributed by atoms with Crippen molar-refractivity contribution < 1.29 is 96.6 Å². The molecule has 0 fully saturated rings. The number of benzene rings is 6. The molecule has 0 radical (unpaired) electrons. The number of non-ortho nitro benzene ring substituents is 1. The van der Waals surface area contributed by atoms with E-state index in [0.29, 0.717) is 39.7 Å². The number of imidazole rings is 1. The quantitative estimate of drug-likeness (QED) is 0.00485. The molecule has 3 aromatic heterocycles. The van der Waals surface area contributed by atoms with Gasteiger partial charge in [0.15, 0.2) is 11.3 Å². The number of aryl methyl sites for hydroxylation is 2. The molecule has 0 atom stereocenters. The van der Waals surface area contributed by atoms with Gasteiger partial charge in [0.1, 0.15) is 50.8 Å². The highest BCUT2D eigenvalue weighted by molar-refractivity contribution is 7.99. The second-order valence-corrected chi connectivity index (χ2v) is 31.0. The van der Waals surface area contributed by atoms with Crippen LogP contribution < -0.4 is 25.4 Å². The number of nitro groups is 1. The van der Waals surface area contributed by atoms with Crippen LogP contribution in [0.5, 0.6) is 17.4 Å². The Morgan fingerprint density at radius 1 is 0.624 bits per heavy atom. The van der Waals surface area contributed by atoms with E-state index in [1.165, 1.54) is 54.1 Å². The summed E-state index contributed by atoms with van der Waals surface area (Å²) in [5, 5.41) is 78.4. The molecular weight excluding hydrogens is 1600 g/mol. The molecule has 9 aromatic rings. The van der Waals surface area contributed by atoms with Crippen LogP contribution >= 0.6 is 23.5 Å². The lowest BCUT2D eigenvalue weighted by Gasteiger charge is -2.14. The highest BCUT2D eigenvalue weighted by Gasteiger charge is 2.25. The number of nitro benzene ring substituents is 1. The van der Waals surface area contributed by atoms with Crippen LogP contribution in [-0.4, -0.2) is 154 Å². The summed E-state index contributed by atoms with van der Waals surface area (Å²) in [4.78, 5) is 28.4. The number of rotatable bonds is 32. The number of hydrogen-bond acceptors (Lipinski definition) is 37. The summed E-state index contributed by atoms with van der Waals surface area (Å²) in [5.74, 6) is -1.87. The van der Waals surface area contributed by atoms with Gasteiger partial charge in [-0.1, -0.05) is 24.8 Å². The number of aromatic hydroxyl groups is 1. The van der Waals surface area contributed by atoms with Gasteiger partial charge in [-0.25, -0.2) is 4.98 Å². The lowest BCUT2D eigenvalue weighted by Crippen LogP contribution is -2.08. The molecular formula is C60H58N18O23S8. The lowest BCUT2D eigenvalue weighted by molar-refractivity contribution is -0.385. The minimum Gasteiger partial charge on any atom is -0.497 e. The minimum atomic E-state index is -5.07. The second-order valence-electron chi connectivity index (χ2n) is 21.8. The van der Waals surface area contributed by atoms with E-state index in [4.69, 9.17) is 34.7 Å². The van der Waals surface area contributed by atoms with Crippen molar-refractivity contribution in [1.82, 2.24) is 24.3 Å². The number of nitriles is 1. The molecule has 49 heteroatoms. The Morgan fingerprint density at radius 3 is 1.70 bits per heavy atom. The number of thioether (sulfide) groups is 2. The van der Waals surface area contributed by atoms with Crippen molar-refractivity contribution in [3.05, 3.63) is 148 Å². The maximum absolute atomic E-state index is 12.4. The highest BCUT2D eigenvalue weighted by atomic mass is 32.2.